The van der Waals surface area contributed by atoms with Crippen LogP contribution in [-0.2, 0) is 9.47 Å². The SMILES string of the molecule is COC(CN=C(CC#N)c1ccc(OC(F)(F)F)cc1)OC. The van der Waals surface area contributed by atoms with Gasteiger partial charge in [0.1, 0.15) is 5.75 Å². The van der Waals surface area contributed by atoms with Gasteiger partial charge in [-0.25, -0.2) is 0 Å². The highest BCUT2D eigenvalue weighted by Gasteiger charge is 2.30. The summed E-state index contributed by atoms with van der Waals surface area (Å²) in [6.07, 6.45) is -5.28. The van der Waals surface area contributed by atoms with E-state index in [1.54, 1.807) is 0 Å². The van der Waals surface area contributed by atoms with Crippen LogP contribution in [0.2, 0.25) is 0 Å². The van der Waals surface area contributed by atoms with Crippen molar-refractivity contribution in [3.8, 4) is 11.8 Å². The fourth-order valence-electron chi connectivity index (χ4n) is 1.60. The molecule has 0 saturated carbocycles. The van der Waals surface area contributed by atoms with Crippen molar-refractivity contribution in [1.29, 1.82) is 5.26 Å². The summed E-state index contributed by atoms with van der Waals surface area (Å²) in [5.74, 6) is -0.334. The maximum Gasteiger partial charge on any atom is 0.573 e. The molecule has 0 N–H and O–H groups in total. The van der Waals surface area contributed by atoms with E-state index in [0.717, 1.165) is 0 Å². The molecule has 1 aromatic carbocycles. The maximum atomic E-state index is 12.1. The molecule has 0 aliphatic carbocycles. The first-order valence-electron chi connectivity index (χ1n) is 6.21. The summed E-state index contributed by atoms with van der Waals surface area (Å²) in [6.45, 7) is 0.171. The van der Waals surface area contributed by atoms with Gasteiger partial charge in [0.25, 0.3) is 0 Å². The number of ether oxygens (including phenoxy) is 3. The Hall–Kier alpha value is -2.11. The molecule has 0 radical (unpaired) electrons. The van der Waals surface area contributed by atoms with Crippen molar-refractivity contribution in [3.63, 3.8) is 0 Å². The largest absolute Gasteiger partial charge is 0.573 e. The van der Waals surface area contributed by atoms with E-state index < -0.39 is 12.7 Å². The molecular weight excluding hydrogens is 301 g/mol. The van der Waals surface area contributed by atoms with Crippen LogP contribution in [0.1, 0.15) is 12.0 Å². The van der Waals surface area contributed by atoms with Gasteiger partial charge in [-0.3, -0.25) is 4.99 Å². The van der Waals surface area contributed by atoms with E-state index >= 15 is 0 Å². The number of benzene rings is 1. The number of nitriles is 1. The van der Waals surface area contributed by atoms with Crippen LogP contribution in [-0.4, -0.2) is 39.1 Å². The molecule has 0 bridgehead atoms. The normalized spacial score (nSPS) is 12.3. The Bertz CT molecular complexity index is 532. The lowest BCUT2D eigenvalue weighted by atomic mass is 10.1. The molecule has 8 heteroatoms. The first kappa shape index (κ1) is 17.9. The van der Waals surface area contributed by atoms with Gasteiger partial charge in [-0.15, -0.1) is 13.2 Å². The summed E-state index contributed by atoms with van der Waals surface area (Å²) in [5.41, 5.74) is 0.960. The molecule has 0 aromatic heterocycles. The molecule has 0 aliphatic rings. The Balaban J connectivity index is 2.88. The number of nitrogens with zero attached hydrogens (tertiary/aromatic N) is 2. The molecule has 1 aromatic rings. The van der Waals surface area contributed by atoms with Crippen LogP contribution in [0.3, 0.4) is 0 Å². The molecule has 0 aliphatic heterocycles. The second-order valence-corrected chi connectivity index (χ2v) is 4.10. The van der Waals surface area contributed by atoms with Crippen molar-refractivity contribution in [3.05, 3.63) is 29.8 Å². The average Bonchev–Trinajstić information content (AvgIpc) is 2.46. The summed E-state index contributed by atoms with van der Waals surface area (Å²) < 4.78 is 50.0. The number of alkyl halides is 3. The van der Waals surface area contributed by atoms with E-state index in [2.05, 4.69) is 9.73 Å². The summed E-state index contributed by atoms with van der Waals surface area (Å²) in [5, 5.41) is 8.82. The van der Waals surface area contributed by atoms with Gasteiger partial charge in [0.2, 0.25) is 0 Å². The van der Waals surface area contributed by atoms with Crippen LogP contribution in [0.15, 0.2) is 29.3 Å². The van der Waals surface area contributed by atoms with Gasteiger partial charge in [-0.05, 0) is 29.8 Å². The van der Waals surface area contributed by atoms with Crippen LogP contribution in [0.25, 0.3) is 0 Å². The van der Waals surface area contributed by atoms with Gasteiger partial charge >= 0.3 is 6.36 Å². The Morgan fingerprint density at radius 3 is 2.27 bits per heavy atom. The van der Waals surface area contributed by atoms with Crippen LogP contribution in [0.4, 0.5) is 13.2 Å². The number of hydrogen-bond donors (Lipinski definition) is 0. The molecule has 0 heterocycles. The molecule has 1 rings (SSSR count). The molecule has 0 amide bonds. The minimum absolute atomic E-state index is 0.0135. The van der Waals surface area contributed by atoms with E-state index in [4.69, 9.17) is 14.7 Å². The molecule has 0 fully saturated rings. The number of aliphatic imine (C=N–C) groups is 1. The number of rotatable bonds is 7. The molecule has 5 nitrogen and oxygen atoms in total. The Labute approximate surface area is 125 Å². The third-order valence-electron chi connectivity index (χ3n) is 2.62. The van der Waals surface area contributed by atoms with Crippen molar-refractivity contribution in [2.75, 3.05) is 20.8 Å². The second kappa shape index (κ2) is 8.36. The minimum atomic E-state index is -4.74. The predicted octanol–water partition coefficient (Wildman–Crippen LogP) is 2.91. The Kier molecular flexibility index (Phi) is 6.82. The first-order valence-corrected chi connectivity index (χ1v) is 6.21. The van der Waals surface area contributed by atoms with Crippen molar-refractivity contribution in [2.24, 2.45) is 4.99 Å². The highest BCUT2D eigenvalue weighted by Crippen LogP contribution is 2.23. The topological polar surface area (TPSA) is 63.8 Å². The van der Waals surface area contributed by atoms with E-state index in [1.165, 1.54) is 38.5 Å². The molecule has 0 spiro atoms. The van der Waals surface area contributed by atoms with Gasteiger partial charge in [0.15, 0.2) is 6.29 Å². The fourth-order valence-corrected chi connectivity index (χ4v) is 1.60. The summed E-state index contributed by atoms with van der Waals surface area (Å²) in [4.78, 5) is 4.21. The number of halogens is 3. The highest BCUT2D eigenvalue weighted by atomic mass is 19.4. The summed E-state index contributed by atoms with van der Waals surface area (Å²) in [6, 6.07) is 7.11. The van der Waals surface area contributed by atoms with E-state index in [9.17, 15) is 13.2 Å². The molecule has 120 valence electrons. The number of hydrogen-bond acceptors (Lipinski definition) is 5. The predicted molar refractivity (Wildman–Crippen MR) is 72.6 cm³/mol. The molecule has 22 heavy (non-hydrogen) atoms. The molecule has 0 atom stereocenters. The summed E-state index contributed by atoms with van der Waals surface area (Å²) in [7, 11) is 2.91. The van der Waals surface area contributed by atoms with Crippen LogP contribution in [0, 0.1) is 11.3 Å². The minimum Gasteiger partial charge on any atom is -0.406 e. The lowest BCUT2D eigenvalue weighted by Gasteiger charge is -2.12. The van der Waals surface area contributed by atoms with Crippen molar-refractivity contribution >= 4 is 5.71 Å². The Morgan fingerprint density at radius 2 is 1.82 bits per heavy atom. The monoisotopic (exact) mass is 316 g/mol. The van der Waals surface area contributed by atoms with Crippen molar-refractivity contribution in [2.45, 2.75) is 19.1 Å². The van der Waals surface area contributed by atoms with Gasteiger partial charge in [0, 0.05) is 14.2 Å². The van der Waals surface area contributed by atoms with Crippen molar-refractivity contribution < 1.29 is 27.4 Å². The zero-order valence-corrected chi connectivity index (χ0v) is 12.1. The van der Waals surface area contributed by atoms with E-state index in [1.807, 2.05) is 6.07 Å². The summed E-state index contributed by atoms with van der Waals surface area (Å²) >= 11 is 0. The lowest BCUT2D eigenvalue weighted by molar-refractivity contribution is -0.274. The molecule has 0 saturated heterocycles. The van der Waals surface area contributed by atoms with Crippen molar-refractivity contribution in [1.82, 2.24) is 0 Å². The fraction of sp³-hybridized carbons (Fsp3) is 0.429. The van der Waals surface area contributed by atoms with Crippen LogP contribution in [0.5, 0.6) is 5.75 Å². The highest BCUT2D eigenvalue weighted by molar-refractivity contribution is 6.01. The first-order chi connectivity index (χ1) is 10.4. The quantitative estimate of drug-likeness (QED) is 0.573. The zero-order chi connectivity index (χ0) is 16.6. The van der Waals surface area contributed by atoms with Gasteiger partial charge in [-0.1, -0.05) is 0 Å². The third kappa shape index (κ3) is 6.11. The third-order valence-corrected chi connectivity index (χ3v) is 2.62. The van der Waals surface area contributed by atoms with E-state index in [-0.39, 0.29) is 18.7 Å². The number of methoxy groups -OCH3 is 2. The Morgan fingerprint density at radius 1 is 1.23 bits per heavy atom. The van der Waals surface area contributed by atoms with Crippen LogP contribution >= 0.6 is 0 Å². The molecule has 0 unspecified atom stereocenters. The van der Waals surface area contributed by atoms with Gasteiger partial charge < -0.3 is 14.2 Å². The smallest absolute Gasteiger partial charge is 0.406 e. The van der Waals surface area contributed by atoms with Crippen LogP contribution < -0.4 is 4.74 Å². The standard InChI is InChI=1S/C14H15F3N2O3/c1-20-13(21-2)9-19-12(7-8-18)10-3-5-11(6-4-10)22-14(15,16)17/h3-6,13H,7,9H2,1-2H3. The second-order valence-electron chi connectivity index (χ2n) is 4.10. The van der Waals surface area contributed by atoms with Gasteiger partial charge in [0.05, 0.1) is 24.7 Å². The zero-order valence-electron chi connectivity index (χ0n) is 12.1. The van der Waals surface area contributed by atoms with E-state index in [0.29, 0.717) is 11.3 Å². The lowest BCUT2D eigenvalue weighted by Crippen LogP contribution is -2.18. The van der Waals surface area contributed by atoms with Gasteiger partial charge in [-0.2, -0.15) is 5.26 Å². The average molecular weight is 316 g/mol. The molecular formula is C14H15F3N2O3. The maximum absolute atomic E-state index is 12.1.